The molecule has 0 radical (unpaired) electrons. The lowest BCUT2D eigenvalue weighted by Gasteiger charge is -2.19. The molecule has 0 aliphatic heterocycles. The van der Waals surface area contributed by atoms with Crippen LogP contribution >= 0.6 is 0 Å². The molecule has 3 aromatic carbocycles. The molecule has 1 aliphatic carbocycles. The topological polar surface area (TPSA) is 118 Å². The van der Waals surface area contributed by atoms with Crippen molar-refractivity contribution in [3.8, 4) is 22.4 Å². The lowest BCUT2D eigenvalue weighted by molar-refractivity contribution is 0.151. The van der Waals surface area contributed by atoms with Gasteiger partial charge in [-0.05, 0) is 34.9 Å². The van der Waals surface area contributed by atoms with Gasteiger partial charge in [-0.2, -0.15) is 0 Å². The number of benzene rings is 3. The molecule has 2 atom stereocenters. The summed E-state index contributed by atoms with van der Waals surface area (Å²) in [5.74, 6) is -0.348. The number of fused-ring (bicyclic) bond motifs is 1. The van der Waals surface area contributed by atoms with Crippen molar-refractivity contribution < 1.29 is 17.9 Å². The van der Waals surface area contributed by atoms with Gasteiger partial charge in [-0.3, -0.25) is 4.98 Å². The van der Waals surface area contributed by atoms with Crippen LogP contribution in [-0.4, -0.2) is 29.6 Å². The minimum atomic E-state index is -4.05. The summed E-state index contributed by atoms with van der Waals surface area (Å²) in [5.41, 5.74) is 8.46. The number of halogens is 1. The van der Waals surface area contributed by atoms with E-state index in [4.69, 9.17) is 5.73 Å². The minimum absolute atomic E-state index is 0.00833. The smallest absolute Gasteiger partial charge is 0.241 e. The number of rotatable bonds is 5. The van der Waals surface area contributed by atoms with Gasteiger partial charge in [0, 0.05) is 17.5 Å². The Morgan fingerprint density at radius 1 is 0.971 bits per heavy atom. The molecule has 0 unspecified atom stereocenters. The van der Waals surface area contributed by atoms with E-state index in [2.05, 4.69) is 14.7 Å². The molecule has 0 amide bonds. The zero-order valence-electron chi connectivity index (χ0n) is 17.9. The number of aliphatic hydroxyl groups excluding tert-OH is 1. The van der Waals surface area contributed by atoms with Crippen molar-refractivity contribution >= 4 is 15.8 Å². The Kier molecular flexibility index (Phi) is 5.60. The van der Waals surface area contributed by atoms with Crippen molar-refractivity contribution in [2.45, 2.75) is 23.5 Å². The standard InChI is InChI=1S/C25H21FN4O3S/c26-20-11-16(9-10-19(20)21-13-29-24(27)14-28-21)17-6-3-4-8-23(17)34(32,33)30-25-18-7-2-1-5-15(18)12-22(25)31/h1-11,13-14,22,25,30-31H,12H2,(H2,27,29)/t22-,25-/m1/s1. The maximum absolute atomic E-state index is 15.0. The minimum Gasteiger partial charge on any atom is -0.391 e. The first-order valence-corrected chi connectivity index (χ1v) is 12.1. The van der Waals surface area contributed by atoms with Gasteiger partial charge < -0.3 is 10.8 Å². The van der Waals surface area contributed by atoms with Crippen molar-refractivity contribution in [1.29, 1.82) is 0 Å². The lowest BCUT2D eigenvalue weighted by Crippen LogP contribution is -2.34. The fourth-order valence-electron chi connectivity index (χ4n) is 4.25. The third-order valence-corrected chi connectivity index (χ3v) is 7.39. The Hall–Kier alpha value is -3.66. The third-order valence-electron chi connectivity index (χ3n) is 5.89. The van der Waals surface area contributed by atoms with E-state index in [-0.39, 0.29) is 16.3 Å². The number of aliphatic hydroxyl groups is 1. The van der Waals surface area contributed by atoms with Gasteiger partial charge in [0.25, 0.3) is 0 Å². The molecule has 0 spiro atoms. The number of hydrogen-bond acceptors (Lipinski definition) is 6. The van der Waals surface area contributed by atoms with Gasteiger partial charge in [-0.15, -0.1) is 0 Å². The average Bonchev–Trinajstić information content (AvgIpc) is 3.14. The second kappa shape index (κ2) is 8.60. The fourth-order valence-corrected chi connectivity index (χ4v) is 5.73. The highest BCUT2D eigenvalue weighted by Gasteiger charge is 2.35. The molecule has 34 heavy (non-hydrogen) atoms. The van der Waals surface area contributed by atoms with E-state index in [0.717, 1.165) is 11.1 Å². The summed E-state index contributed by atoms with van der Waals surface area (Å²) in [5, 5.41) is 10.5. The summed E-state index contributed by atoms with van der Waals surface area (Å²) in [6, 6.07) is 17.4. The number of aromatic nitrogens is 2. The number of nitrogens with zero attached hydrogens (tertiary/aromatic N) is 2. The summed E-state index contributed by atoms with van der Waals surface area (Å²) in [4.78, 5) is 8.02. The first-order valence-electron chi connectivity index (χ1n) is 10.6. The van der Waals surface area contributed by atoms with Gasteiger partial charge in [-0.25, -0.2) is 22.5 Å². The number of nitrogens with two attached hydrogens (primary N) is 1. The van der Waals surface area contributed by atoms with Crippen LogP contribution in [0.3, 0.4) is 0 Å². The van der Waals surface area contributed by atoms with Crippen LogP contribution in [0.25, 0.3) is 22.4 Å². The predicted molar refractivity (Wildman–Crippen MR) is 126 cm³/mol. The Morgan fingerprint density at radius 2 is 1.74 bits per heavy atom. The maximum Gasteiger partial charge on any atom is 0.241 e. The van der Waals surface area contributed by atoms with E-state index in [0.29, 0.717) is 23.2 Å². The quantitative estimate of drug-likeness (QED) is 0.406. The third kappa shape index (κ3) is 4.05. The first-order chi connectivity index (χ1) is 16.3. The Bertz CT molecular complexity index is 1480. The molecule has 4 N–H and O–H groups in total. The summed E-state index contributed by atoms with van der Waals surface area (Å²) < 4.78 is 44.4. The van der Waals surface area contributed by atoms with Crippen LogP contribution < -0.4 is 10.5 Å². The number of sulfonamides is 1. The molecule has 1 aliphatic rings. The van der Waals surface area contributed by atoms with Crippen molar-refractivity contribution in [3.05, 3.63) is 96.1 Å². The Balaban J connectivity index is 1.50. The molecule has 1 aromatic heterocycles. The molecule has 1 heterocycles. The molecular weight excluding hydrogens is 455 g/mol. The van der Waals surface area contributed by atoms with Crippen molar-refractivity contribution in [2.24, 2.45) is 0 Å². The highest BCUT2D eigenvalue weighted by Crippen LogP contribution is 2.35. The van der Waals surface area contributed by atoms with Gasteiger partial charge in [0.1, 0.15) is 11.6 Å². The van der Waals surface area contributed by atoms with E-state index < -0.39 is 28.0 Å². The normalized spacial score (nSPS) is 17.5. The molecule has 0 saturated heterocycles. The summed E-state index contributed by atoms with van der Waals surface area (Å²) in [7, 11) is -4.05. The Labute approximate surface area is 196 Å². The number of nitrogen functional groups attached to an aromatic ring is 1. The number of hydrogen-bond donors (Lipinski definition) is 3. The highest BCUT2D eigenvalue weighted by atomic mass is 32.2. The maximum atomic E-state index is 15.0. The van der Waals surface area contributed by atoms with E-state index in [1.54, 1.807) is 30.3 Å². The molecule has 0 bridgehead atoms. The molecule has 172 valence electrons. The van der Waals surface area contributed by atoms with Crippen LogP contribution in [0.5, 0.6) is 0 Å². The van der Waals surface area contributed by atoms with Crippen LogP contribution in [-0.2, 0) is 16.4 Å². The molecule has 7 nitrogen and oxygen atoms in total. The first kappa shape index (κ1) is 22.1. The second-order valence-corrected chi connectivity index (χ2v) is 9.77. The van der Waals surface area contributed by atoms with Crippen LogP contribution in [0.4, 0.5) is 10.2 Å². The zero-order valence-corrected chi connectivity index (χ0v) is 18.7. The van der Waals surface area contributed by atoms with Crippen LogP contribution in [0.15, 0.2) is 84.0 Å². The molecule has 0 fully saturated rings. The molecule has 5 rings (SSSR count). The van der Waals surface area contributed by atoms with Gasteiger partial charge >= 0.3 is 0 Å². The summed E-state index contributed by atoms with van der Waals surface area (Å²) >= 11 is 0. The van der Waals surface area contributed by atoms with E-state index in [9.17, 15) is 17.9 Å². The average molecular weight is 477 g/mol. The molecule has 0 saturated carbocycles. The van der Waals surface area contributed by atoms with Gasteiger partial charge in [0.05, 0.1) is 35.1 Å². The van der Waals surface area contributed by atoms with Crippen molar-refractivity contribution in [1.82, 2.24) is 14.7 Å². The molecular formula is C25H21FN4O3S. The Morgan fingerprint density at radius 3 is 2.50 bits per heavy atom. The van der Waals surface area contributed by atoms with E-state index in [1.807, 2.05) is 18.2 Å². The van der Waals surface area contributed by atoms with Gasteiger partial charge in [-0.1, -0.05) is 48.5 Å². The van der Waals surface area contributed by atoms with Crippen molar-refractivity contribution in [3.63, 3.8) is 0 Å². The second-order valence-electron chi connectivity index (χ2n) is 8.09. The highest BCUT2D eigenvalue weighted by molar-refractivity contribution is 7.89. The summed E-state index contributed by atoms with van der Waals surface area (Å²) in [6.07, 6.45) is 2.20. The largest absolute Gasteiger partial charge is 0.391 e. The zero-order chi connectivity index (χ0) is 23.9. The van der Waals surface area contributed by atoms with Gasteiger partial charge in [0.15, 0.2) is 0 Å². The van der Waals surface area contributed by atoms with E-state index >= 15 is 0 Å². The molecule has 4 aromatic rings. The van der Waals surface area contributed by atoms with E-state index in [1.165, 1.54) is 30.6 Å². The summed E-state index contributed by atoms with van der Waals surface area (Å²) in [6.45, 7) is 0. The van der Waals surface area contributed by atoms with Crippen LogP contribution in [0, 0.1) is 5.82 Å². The SMILES string of the molecule is Nc1cnc(-c2ccc(-c3ccccc3S(=O)(=O)N[C@@H]3c4ccccc4C[C@H]3O)cc2F)cn1. The van der Waals surface area contributed by atoms with Crippen LogP contribution in [0.2, 0.25) is 0 Å². The van der Waals surface area contributed by atoms with Crippen LogP contribution in [0.1, 0.15) is 17.2 Å². The van der Waals surface area contributed by atoms with Gasteiger partial charge in [0.2, 0.25) is 10.0 Å². The monoisotopic (exact) mass is 476 g/mol. The number of anilines is 1. The fraction of sp³-hybridized carbons (Fsp3) is 0.120. The molecule has 9 heteroatoms. The number of nitrogens with one attached hydrogen (secondary N) is 1. The lowest BCUT2D eigenvalue weighted by atomic mass is 10.0. The van der Waals surface area contributed by atoms with Crippen molar-refractivity contribution in [2.75, 3.05) is 5.73 Å². The predicted octanol–water partition coefficient (Wildman–Crippen LogP) is 3.47.